The number of anilines is 2. The van der Waals surface area contributed by atoms with Crippen molar-refractivity contribution in [3.8, 4) is 11.5 Å². The van der Waals surface area contributed by atoms with Gasteiger partial charge in [0.1, 0.15) is 17.1 Å². The van der Waals surface area contributed by atoms with E-state index in [-0.39, 0.29) is 17.6 Å². The number of benzene rings is 2. The highest BCUT2D eigenvalue weighted by Gasteiger charge is 2.34. The van der Waals surface area contributed by atoms with Gasteiger partial charge >= 0.3 is 0 Å². The van der Waals surface area contributed by atoms with Gasteiger partial charge in [0.2, 0.25) is 5.91 Å². The number of hydrogen-bond donors (Lipinski definition) is 2. The molecule has 2 heterocycles. The van der Waals surface area contributed by atoms with Gasteiger partial charge in [0.25, 0.3) is 0 Å². The molecule has 0 aliphatic carbocycles. The van der Waals surface area contributed by atoms with Gasteiger partial charge in [-0.15, -0.1) is 0 Å². The van der Waals surface area contributed by atoms with E-state index in [1.54, 1.807) is 7.11 Å². The highest BCUT2D eigenvalue weighted by atomic mass is 32.1. The molecule has 1 atom stereocenters. The Morgan fingerprint density at radius 3 is 2.77 bits per heavy atom. The van der Waals surface area contributed by atoms with Crippen LogP contribution in [0.2, 0.25) is 0 Å². The lowest BCUT2D eigenvalue weighted by Crippen LogP contribution is -2.42. The lowest BCUT2D eigenvalue weighted by Gasteiger charge is -2.38. The zero-order valence-electron chi connectivity index (χ0n) is 18.5. The molecule has 4 rings (SSSR count). The minimum atomic E-state index is -0.334. The van der Waals surface area contributed by atoms with E-state index in [1.165, 1.54) is 0 Å². The summed E-state index contributed by atoms with van der Waals surface area (Å²) in [6.07, 6.45) is 2.29. The molecule has 7 heteroatoms. The number of methoxy groups -OCH3 is 1. The molecule has 1 fully saturated rings. The largest absolute Gasteiger partial charge is 0.497 e. The summed E-state index contributed by atoms with van der Waals surface area (Å²) in [7, 11) is 1.65. The number of nitrogens with zero attached hydrogens (tertiary/aromatic N) is 1. The summed E-state index contributed by atoms with van der Waals surface area (Å²) < 4.78 is 11.5. The number of hydrogen-bond acceptors (Lipinski definition) is 4. The van der Waals surface area contributed by atoms with Crippen LogP contribution in [-0.4, -0.2) is 30.3 Å². The minimum absolute atomic E-state index is 0.00901. The first-order chi connectivity index (χ1) is 14.8. The van der Waals surface area contributed by atoms with Crippen molar-refractivity contribution in [3.63, 3.8) is 0 Å². The second-order valence-electron chi connectivity index (χ2n) is 8.77. The van der Waals surface area contributed by atoms with Crippen LogP contribution in [-0.2, 0) is 4.79 Å². The van der Waals surface area contributed by atoms with Gasteiger partial charge in [-0.1, -0.05) is 6.07 Å². The number of aryl methyl sites for hydroxylation is 1. The van der Waals surface area contributed by atoms with Crippen LogP contribution < -0.4 is 25.0 Å². The van der Waals surface area contributed by atoms with Gasteiger partial charge in [0.05, 0.1) is 13.2 Å². The minimum Gasteiger partial charge on any atom is -0.497 e. The first-order valence-corrected chi connectivity index (χ1v) is 11.0. The third-order valence-electron chi connectivity index (χ3n) is 5.81. The molecule has 2 aromatic carbocycles. The molecule has 2 aliphatic rings. The molecule has 1 saturated heterocycles. The smallest absolute Gasteiger partial charge is 0.227 e. The Morgan fingerprint density at radius 1 is 1.26 bits per heavy atom. The van der Waals surface area contributed by atoms with E-state index in [1.807, 2.05) is 48.2 Å². The number of thiocarbonyl (C=S) groups is 1. The molecule has 6 nitrogen and oxygen atoms in total. The van der Waals surface area contributed by atoms with Gasteiger partial charge in [-0.05, 0) is 69.2 Å². The molecule has 0 radical (unpaired) electrons. The van der Waals surface area contributed by atoms with Crippen LogP contribution in [0.5, 0.6) is 11.5 Å². The Bertz CT molecular complexity index is 1020. The Morgan fingerprint density at radius 2 is 2.06 bits per heavy atom. The van der Waals surface area contributed by atoms with Crippen LogP contribution in [0.1, 0.15) is 50.3 Å². The van der Waals surface area contributed by atoms with E-state index < -0.39 is 0 Å². The number of amides is 1. The summed E-state index contributed by atoms with van der Waals surface area (Å²) in [6, 6.07) is 11.9. The van der Waals surface area contributed by atoms with Gasteiger partial charge < -0.3 is 25.0 Å². The quantitative estimate of drug-likeness (QED) is 0.672. The average molecular weight is 440 g/mol. The highest BCUT2D eigenvalue weighted by molar-refractivity contribution is 7.80. The zero-order chi connectivity index (χ0) is 22.2. The van der Waals surface area contributed by atoms with Crippen LogP contribution in [0.3, 0.4) is 0 Å². The lowest BCUT2D eigenvalue weighted by atomic mass is 9.89. The predicted octanol–water partition coefficient (Wildman–Crippen LogP) is 4.72. The number of carbonyl (C=O) groups is 1. The molecular weight excluding hydrogens is 410 g/mol. The standard InChI is InChI=1S/C24H29N3O3S/c1-15-7-8-16(12-20(15)27-11-5-6-22(27)28)25-23(31)26-19-14-24(2,3)30-21-13-17(29-4)9-10-18(19)21/h7-10,12-13,19H,5-6,11,14H2,1-4H3,(H2,25,26,31)/t19-/m1/s1. The average Bonchev–Trinajstić information content (AvgIpc) is 3.13. The van der Waals surface area contributed by atoms with Crippen molar-refractivity contribution in [2.45, 2.75) is 51.7 Å². The number of rotatable bonds is 4. The maximum absolute atomic E-state index is 12.2. The summed E-state index contributed by atoms with van der Waals surface area (Å²) in [4.78, 5) is 14.1. The fraction of sp³-hybridized carbons (Fsp3) is 0.417. The van der Waals surface area contributed by atoms with E-state index in [4.69, 9.17) is 21.7 Å². The molecule has 31 heavy (non-hydrogen) atoms. The molecule has 0 aromatic heterocycles. The van der Waals surface area contributed by atoms with Crippen LogP contribution in [0.25, 0.3) is 0 Å². The zero-order valence-corrected chi connectivity index (χ0v) is 19.3. The second kappa shape index (κ2) is 8.38. The highest BCUT2D eigenvalue weighted by Crippen LogP contribution is 2.41. The first-order valence-electron chi connectivity index (χ1n) is 10.6. The van der Waals surface area contributed by atoms with Crippen LogP contribution in [0.15, 0.2) is 36.4 Å². The Balaban J connectivity index is 1.51. The van der Waals surface area contributed by atoms with E-state index >= 15 is 0 Å². The Kier molecular flexibility index (Phi) is 5.79. The topological polar surface area (TPSA) is 62.8 Å². The molecule has 2 N–H and O–H groups in total. The number of fused-ring (bicyclic) bond motifs is 1. The van der Waals surface area contributed by atoms with Gasteiger partial charge in [0, 0.05) is 42.4 Å². The molecule has 0 bridgehead atoms. The number of carbonyl (C=O) groups excluding carboxylic acids is 1. The van der Waals surface area contributed by atoms with Crippen molar-refractivity contribution in [2.24, 2.45) is 0 Å². The molecule has 0 unspecified atom stereocenters. The third-order valence-corrected chi connectivity index (χ3v) is 6.03. The molecule has 0 saturated carbocycles. The second-order valence-corrected chi connectivity index (χ2v) is 9.18. The fourth-order valence-electron chi connectivity index (χ4n) is 4.29. The van der Waals surface area contributed by atoms with Crippen molar-refractivity contribution in [3.05, 3.63) is 47.5 Å². The predicted molar refractivity (Wildman–Crippen MR) is 127 cm³/mol. The van der Waals surface area contributed by atoms with Crippen molar-refractivity contribution in [1.29, 1.82) is 0 Å². The van der Waals surface area contributed by atoms with Crippen LogP contribution in [0, 0.1) is 6.92 Å². The van der Waals surface area contributed by atoms with Crippen molar-refractivity contribution in [1.82, 2.24) is 5.32 Å². The van der Waals surface area contributed by atoms with Crippen molar-refractivity contribution in [2.75, 3.05) is 23.9 Å². The summed E-state index contributed by atoms with van der Waals surface area (Å²) in [5, 5.41) is 7.27. The van der Waals surface area contributed by atoms with E-state index in [0.717, 1.165) is 53.4 Å². The van der Waals surface area contributed by atoms with Gasteiger partial charge in [-0.2, -0.15) is 0 Å². The van der Waals surface area contributed by atoms with Crippen molar-refractivity contribution < 1.29 is 14.3 Å². The third kappa shape index (κ3) is 4.61. The molecule has 2 aromatic rings. The summed E-state index contributed by atoms with van der Waals surface area (Å²) in [5.41, 5.74) is 3.60. The normalized spacial score (nSPS) is 19.4. The Labute approximate surface area is 188 Å². The lowest BCUT2D eigenvalue weighted by molar-refractivity contribution is -0.117. The fourth-order valence-corrected chi connectivity index (χ4v) is 4.55. The molecular formula is C24H29N3O3S. The van der Waals surface area contributed by atoms with Crippen LogP contribution >= 0.6 is 12.2 Å². The van der Waals surface area contributed by atoms with Crippen LogP contribution in [0.4, 0.5) is 11.4 Å². The molecule has 0 spiro atoms. The first kappa shape index (κ1) is 21.4. The Hall–Kier alpha value is -2.80. The maximum atomic E-state index is 12.2. The van der Waals surface area contributed by atoms with E-state index in [2.05, 4.69) is 24.5 Å². The SMILES string of the molecule is COc1ccc2c(c1)OC(C)(C)C[C@H]2NC(=S)Nc1ccc(C)c(N2CCCC2=O)c1. The van der Waals surface area contributed by atoms with Gasteiger partial charge in [-0.25, -0.2) is 0 Å². The summed E-state index contributed by atoms with van der Waals surface area (Å²) in [5.74, 6) is 1.75. The molecule has 1 amide bonds. The van der Waals surface area contributed by atoms with Crippen molar-refractivity contribution >= 4 is 34.6 Å². The number of nitrogens with one attached hydrogen (secondary N) is 2. The molecule has 2 aliphatic heterocycles. The summed E-state index contributed by atoms with van der Waals surface area (Å²) >= 11 is 5.64. The molecule has 164 valence electrons. The number of ether oxygens (including phenoxy) is 2. The summed E-state index contributed by atoms with van der Waals surface area (Å²) in [6.45, 7) is 6.93. The van der Waals surface area contributed by atoms with E-state index in [0.29, 0.717) is 11.5 Å². The van der Waals surface area contributed by atoms with Gasteiger partial charge in [-0.3, -0.25) is 4.79 Å². The van der Waals surface area contributed by atoms with Gasteiger partial charge in [0.15, 0.2) is 5.11 Å². The monoisotopic (exact) mass is 439 g/mol. The maximum Gasteiger partial charge on any atom is 0.227 e. The van der Waals surface area contributed by atoms with E-state index in [9.17, 15) is 4.79 Å².